The van der Waals surface area contributed by atoms with E-state index in [1.165, 1.54) is 5.56 Å². The van der Waals surface area contributed by atoms with Crippen LogP contribution in [0, 0.1) is 0 Å². The van der Waals surface area contributed by atoms with Gasteiger partial charge in [0.2, 0.25) is 0 Å². The Morgan fingerprint density at radius 1 is 1.40 bits per heavy atom. The highest BCUT2D eigenvalue weighted by Crippen LogP contribution is 2.18. The van der Waals surface area contributed by atoms with Crippen LogP contribution in [0.4, 0.5) is 5.95 Å². The van der Waals surface area contributed by atoms with Crippen LogP contribution in [0.5, 0.6) is 0 Å². The van der Waals surface area contributed by atoms with Gasteiger partial charge in [-0.15, -0.1) is 0 Å². The highest BCUT2D eigenvalue weighted by Gasteiger charge is 2.00. The molecule has 4 nitrogen and oxygen atoms in total. The van der Waals surface area contributed by atoms with Crippen LogP contribution in [-0.2, 0) is 5.75 Å². The Balaban J connectivity index is 2.15. The summed E-state index contributed by atoms with van der Waals surface area (Å²) in [7, 11) is 0. The molecule has 1 aromatic carbocycles. The molecule has 15 heavy (non-hydrogen) atoms. The summed E-state index contributed by atoms with van der Waals surface area (Å²) in [6, 6.07) is 6.15. The molecule has 0 amide bonds. The maximum Gasteiger partial charge on any atom is 0.198 e. The van der Waals surface area contributed by atoms with Gasteiger partial charge in [0, 0.05) is 18.1 Å². The number of imidazole rings is 1. The summed E-state index contributed by atoms with van der Waals surface area (Å²) in [5, 5.41) is 0. The smallest absolute Gasteiger partial charge is 0.198 e. The zero-order valence-electron chi connectivity index (χ0n) is 8.36. The van der Waals surface area contributed by atoms with Crippen molar-refractivity contribution in [2.75, 3.05) is 18.0 Å². The normalized spacial score (nSPS) is 11.0. The number of aromatic nitrogens is 2. The largest absolute Gasteiger partial charge is 0.369 e. The lowest BCUT2D eigenvalue weighted by Crippen LogP contribution is -2.01. The van der Waals surface area contributed by atoms with E-state index in [0.717, 1.165) is 29.1 Å². The van der Waals surface area contributed by atoms with E-state index in [2.05, 4.69) is 22.1 Å². The number of nitrogens with two attached hydrogens (primary N) is 2. The maximum atomic E-state index is 5.57. The van der Waals surface area contributed by atoms with Crippen LogP contribution in [0.3, 0.4) is 0 Å². The second-order valence-corrected chi connectivity index (χ2v) is 4.42. The Morgan fingerprint density at radius 2 is 2.27 bits per heavy atom. The van der Waals surface area contributed by atoms with Gasteiger partial charge in [-0.25, -0.2) is 4.98 Å². The lowest BCUT2D eigenvalue weighted by atomic mass is 10.2. The van der Waals surface area contributed by atoms with Crippen molar-refractivity contribution in [1.82, 2.24) is 9.97 Å². The first-order chi connectivity index (χ1) is 7.29. The Morgan fingerprint density at radius 3 is 3.07 bits per heavy atom. The average molecular weight is 222 g/mol. The first-order valence-electron chi connectivity index (χ1n) is 4.81. The molecule has 0 saturated heterocycles. The lowest BCUT2D eigenvalue weighted by molar-refractivity contribution is 1.15. The zero-order valence-corrected chi connectivity index (χ0v) is 9.18. The number of nitrogens with zero attached hydrogens (tertiary/aromatic N) is 1. The molecular formula is C10H14N4S. The van der Waals surface area contributed by atoms with Crippen molar-refractivity contribution in [3.8, 4) is 0 Å². The van der Waals surface area contributed by atoms with Crippen molar-refractivity contribution in [2.24, 2.45) is 5.73 Å². The third kappa shape index (κ3) is 2.43. The summed E-state index contributed by atoms with van der Waals surface area (Å²) in [6.07, 6.45) is 0. The molecule has 2 aromatic rings. The van der Waals surface area contributed by atoms with Gasteiger partial charge in [0.05, 0.1) is 11.0 Å². The molecule has 0 radical (unpaired) electrons. The molecule has 0 fully saturated rings. The van der Waals surface area contributed by atoms with E-state index in [-0.39, 0.29) is 0 Å². The third-order valence-electron chi connectivity index (χ3n) is 2.10. The number of benzene rings is 1. The molecule has 0 aliphatic carbocycles. The van der Waals surface area contributed by atoms with Crippen molar-refractivity contribution < 1.29 is 0 Å². The molecule has 1 heterocycles. The number of nitrogens with one attached hydrogen (secondary N) is 1. The van der Waals surface area contributed by atoms with Crippen molar-refractivity contribution in [3.63, 3.8) is 0 Å². The molecule has 0 bridgehead atoms. The van der Waals surface area contributed by atoms with E-state index in [9.17, 15) is 0 Å². The Bertz CT molecular complexity index is 452. The van der Waals surface area contributed by atoms with Gasteiger partial charge in [-0.2, -0.15) is 11.8 Å². The monoisotopic (exact) mass is 222 g/mol. The van der Waals surface area contributed by atoms with E-state index >= 15 is 0 Å². The highest BCUT2D eigenvalue weighted by molar-refractivity contribution is 7.98. The number of rotatable bonds is 4. The second-order valence-electron chi connectivity index (χ2n) is 3.31. The summed E-state index contributed by atoms with van der Waals surface area (Å²) in [4.78, 5) is 7.17. The summed E-state index contributed by atoms with van der Waals surface area (Å²) in [5.41, 5.74) is 14.2. The molecule has 0 atom stereocenters. The Hall–Kier alpha value is -1.20. The number of nitrogen functional groups attached to an aromatic ring is 1. The predicted molar refractivity (Wildman–Crippen MR) is 65.7 cm³/mol. The summed E-state index contributed by atoms with van der Waals surface area (Å²) in [5.74, 6) is 2.44. The number of aromatic amines is 1. The number of H-pyrrole nitrogens is 1. The van der Waals surface area contributed by atoms with E-state index in [1.54, 1.807) is 0 Å². The SMILES string of the molecule is NCCSCc1ccc2nc(N)[nH]c2c1. The first kappa shape index (κ1) is 10.3. The first-order valence-corrected chi connectivity index (χ1v) is 5.97. The van der Waals surface area contributed by atoms with Gasteiger partial charge < -0.3 is 16.5 Å². The maximum absolute atomic E-state index is 5.57. The van der Waals surface area contributed by atoms with Gasteiger partial charge in [-0.3, -0.25) is 0 Å². The van der Waals surface area contributed by atoms with Gasteiger partial charge in [-0.1, -0.05) is 6.07 Å². The average Bonchev–Trinajstić information content (AvgIpc) is 2.57. The topological polar surface area (TPSA) is 80.7 Å². The van der Waals surface area contributed by atoms with Crippen LogP contribution in [0.25, 0.3) is 11.0 Å². The van der Waals surface area contributed by atoms with Crippen LogP contribution in [0.1, 0.15) is 5.56 Å². The fourth-order valence-corrected chi connectivity index (χ4v) is 2.17. The number of hydrogen-bond donors (Lipinski definition) is 3. The molecule has 2 rings (SSSR count). The van der Waals surface area contributed by atoms with Crippen molar-refractivity contribution in [1.29, 1.82) is 0 Å². The quantitative estimate of drug-likeness (QED) is 0.682. The van der Waals surface area contributed by atoms with E-state index in [1.807, 2.05) is 17.8 Å². The molecule has 5 heteroatoms. The summed E-state index contributed by atoms with van der Waals surface area (Å²) < 4.78 is 0. The van der Waals surface area contributed by atoms with Crippen LogP contribution < -0.4 is 11.5 Å². The van der Waals surface area contributed by atoms with Gasteiger partial charge >= 0.3 is 0 Å². The van der Waals surface area contributed by atoms with Gasteiger partial charge in [0.25, 0.3) is 0 Å². The lowest BCUT2D eigenvalue weighted by Gasteiger charge is -1.99. The standard InChI is InChI=1S/C10H14N4S/c11-3-4-15-6-7-1-2-8-9(5-7)14-10(12)13-8/h1-2,5H,3-4,6,11H2,(H3,12,13,14). The van der Waals surface area contributed by atoms with Gasteiger partial charge in [-0.05, 0) is 17.7 Å². The molecule has 0 spiro atoms. The number of thioether (sulfide) groups is 1. The van der Waals surface area contributed by atoms with Gasteiger partial charge in [0.15, 0.2) is 5.95 Å². The molecule has 0 unspecified atom stereocenters. The summed E-state index contributed by atoms with van der Waals surface area (Å²) in [6.45, 7) is 0.726. The number of hydrogen-bond acceptors (Lipinski definition) is 4. The molecule has 80 valence electrons. The molecule has 0 aliphatic rings. The molecular weight excluding hydrogens is 208 g/mol. The van der Waals surface area contributed by atoms with Crippen molar-refractivity contribution in [3.05, 3.63) is 23.8 Å². The predicted octanol–water partition coefficient (Wildman–Crippen LogP) is 1.34. The molecule has 1 aromatic heterocycles. The van der Waals surface area contributed by atoms with Crippen LogP contribution >= 0.6 is 11.8 Å². The van der Waals surface area contributed by atoms with Crippen molar-refractivity contribution >= 4 is 28.7 Å². The van der Waals surface area contributed by atoms with Gasteiger partial charge in [0.1, 0.15) is 0 Å². The van der Waals surface area contributed by atoms with E-state index < -0.39 is 0 Å². The molecule has 5 N–H and O–H groups in total. The second kappa shape index (κ2) is 4.55. The van der Waals surface area contributed by atoms with Crippen LogP contribution in [0.15, 0.2) is 18.2 Å². The van der Waals surface area contributed by atoms with Crippen LogP contribution in [0.2, 0.25) is 0 Å². The minimum absolute atomic E-state index is 0.469. The minimum Gasteiger partial charge on any atom is -0.369 e. The Labute approximate surface area is 92.4 Å². The molecule has 0 aliphatic heterocycles. The number of fused-ring (bicyclic) bond motifs is 1. The fourth-order valence-electron chi connectivity index (χ4n) is 1.44. The third-order valence-corrected chi connectivity index (χ3v) is 3.16. The zero-order chi connectivity index (χ0) is 10.7. The number of anilines is 1. The van der Waals surface area contributed by atoms with Crippen molar-refractivity contribution in [2.45, 2.75) is 5.75 Å². The fraction of sp³-hybridized carbons (Fsp3) is 0.300. The summed E-state index contributed by atoms with van der Waals surface area (Å²) >= 11 is 1.83. The van der Waals surface area contributed by atoms with E-state index in [0.29, 0.717) is 5.95 Å². The van der Waals surface area contributed by atoms with E-state index in [4.69, 9.17) is 11.5 Å². The Kier molecular flexibility index (Phi) is 3.13. The van der Waals surface area contributed by atoms with Crippen LogP contribution in [-0.4, -0.2) is 22.3 Å². The minimum atomic E-state index is 0.469. The highest BCUT2D eigenvalue weighted by atomic mass is 32.2. The molecule has 0 saturated carbocycles.